The van der Waals surface area contributed by atoms with Crippen LogP contribution in [0.2, 0.25) is 0 Å². The number of allylic oxidation sites excluding steroid dienone is 11. The summed E-state index contributed by atoms with van der Waals surface area (Å²) in [6.45, 7) is 13.9. The van der Waals surface area contributed by atoms with Crippen LogP contribution < -0.4 is 54.0 Å². The summed E-state index contributed by atoms with van der Waals surface area (Å²) in [6, 6.07) is 3.09. The second kappa shape index (κ2) is 30.7. The maximum Gasteiger partial charge on any atom is 0.321 e. The second-order valence-corrected chi connectivity index (χ2v) is 23.5. The highest BCUT2D eigenvalue weighted by Gasteiger charge is 2.49. The zero-order chi connectivity index (χ0) is 66.5. The lowest BCUT2D eigenvalue weighted by Crippen LogP contribution is -2.58. The molecule has 488 valence electrons. The molecule has 26 nitrogen and oxygen atoms in total. The van der Waals surface area contributed by atoms with E-state index in [1.54, 1.807) is 36.4 Å². The number of aliphatic hydroxyl groups excluding tert-OH is 1. The second-order valence-electron chi connectivity index (χ2n) is 23.5. The molecular formula is C66H82N14O12. The summed E-state index contributed by atoms with van der Waals surface area (Å²) >= 11 is 0. The molecule has 0 unspecified atom stereocenters. The number of esters is 1. The van der Waals surface area contributed by atoms with Crippen LogP contribution in [0.15, 0.2) is 154 Å². The van der Waals surface area contributed by atoms with Crippen molar-refractivity contribution in [3.8, 4) is 0 Å². The van der Waals surface area contributed by atoms with Crippen LogP contribution in [0.3, 0.4) is 0 Å². The van der Waals surface area contributed by atoms with Crippen molar-refractivity contribution in [1.82, 2.24) is 42.5 Å². The van der Waals surface area contributed by atoms with E-state index in [2.05, 4.69) is 61.0 Å². The van der Waals surface area contributed by atoms with Gasteiger partial charge in [0.25, 0.3) is 0 Å². The molecular weight excluding hydrogens is 1180 g/mol. The number of hydrogen-bond acceptors (Lipinski definition) is 16. The smallest absolute Gasteiger partial charge is 0.321 e. The number of carboxylic acids is 1. The van der Waals surface area contributed by atoms with Gasteiger partial charge in [0.15, 0.2) is 5.96 Å². The summed E-state index contributed by atoms with van der Waals surface area (Å²) in [7, 11) is 1.27. The first kappa shape index (κ1) is 67.9. The van der Waals surface area contributed by atoms with E-state index in [-0.39, 0.29) is 99.9 Å². The van der Waals surface area contributed by atoms with Crippen LogP contribution in [0.4, 0.5) is 0 Å². The maximum atomic E-state index is 14.2. The Kier molecular flexibility index (Phi) is 22.6. The number of carbonyl (C=O) groups excluding carboxylic acids is 8. The molecule has 7 amide bonds. The van der Waals surface area contributed by atoms with E-state index in [4.69, 9.17) is 31.2 Å². The first-order valence-electron chi connectivity index (χ1n) is 31.0. The molecule has 0 spiro atoms. The molecule has 7 aliphatic rings. The fraction of sp³-hybridized carbons (Fsp3) is 0.439. The number of nitrogens with zero attached hydrogens (tertiary/aromatic N) is 4. The molecule has 6 aliphatic heterocycles. The third-order valence-corrected chi connectivity index (χ3v) is 17.3. The third-order valence-electron chi connectivity index (χ3n) is 17.3. The van der Waals surface area contributed by atoms with Gasteiger partial charge in [-0.25, -0.2) is 15.0 Å². The number of benzene rings is 1. The molecule has 2 saturated heterocycles. The van der Waals surface area contributed by atoms with Gasteiger partial charge in [-0.2, -0.15) is 0 Å². The predicted molar refractivity (Wildman–Crippen MR) is 344 cm³/mol. The molecule has 92 heavy (non-hydrogen) atoms. The molecule has 0 saturated carbocycles. The minimum atomic E-state index is -1.64. The minimum absolute atomic E-state index is 0.00173. The Hall–Kier alpha value is -10.0. The third kappa shape index (κ3) is 16.1. The first-order valence-corrected chi connectivity index (χ1v) is 31.0. The van der Waals surface area contributed by atoms with Crippen LogP contribution in [-0.4, -0.2) is 144 Å². The molecule has 8 bridgehead atoms. The Morgan fingerprint density at radius 2 is 1.40 bits per heavy atom. The van der Waals surface area contributed by atoms with Crippen LogP contribution in [0.25, 0.3) is 0 Å². The number of carbonyl (C=O) groups is 9. The number of methoxy groups -OCH3 is 1. The highest BCUT2D eigenvalue weighted by Crippen LogP contribution is 2.49. The van der Waals surface area contributed by atoms with Gasteiger partial charge in [-0.15, -0.1) is 0 Å². The zero-order valence-electron chi connectivity index (χ0n) is 52.7. The number of nitrogens with one attached hydrogen (secondary N) is 8. The maximum absolute atomic E-state index is 14.2. The number of aliphatic hydroxyl groups is 1. The summed E-state index contributed by atoms with van der Waals surface area (Å²) < 4.78 is 5.31. The summed E-state index contributed by atoms with van der Waals surface area (Å²) in [5.41, 5.74) is 22.4. The van der Waals surface area contributed by atoms with E-state index in [9.17, 15) is 53.4 Å². The highest BCUT2D eigenvalue weighted by atomic mass is 16.5. The number of amides is 7. The summed E-state index contributed by atoms with van der Waals surface area (Å²) in [4.78, 5) is 140. The zero-order valence-corrected chi connectivity index (χ0v) is 52.7. The molecule has 1 aromatic rings. The molecule has 26 heteroatoms. The van der Waals surface area contributed by atoms with Crippen molar-refractivity contribution >= 4 is 76.4 Å². The SMILES string of the molecule is C=CC1=C(C)C2=NC1=CC1=NC(=CC3=C(C)C4=C(O)[C@H](C(=O)OC)C(=C5NC(=C2)[C@@H](C)[C@@H]5CCC(=O)NCCCC(=O)NCCCC[C@H]2NC(=O)[C@@H](Cc5ccccc5)NC(=O)[C@H](CC(=O)O)NC(=O)CNC(=O)[C@H](CCCN=C(N)N)NC2=O)C4=N3)C(CC)=C1C. The van der Waals surface area contributed by atoms with E-state index >= 15 is 0 Å². The minimum Gasteiger partial charge on any atom is -0.510 e. The normalized spacial score (nSPS) is 23.3. The van der Waals surface area contributed by atoms with Gasteiger partial charge in [-0.3, -0.25) is 48.1 Å². The Morgan fingerprint density at radius 1 is 0.761 bits per heavy atom. The van der Waals surface area contributed by atoms with Crippen molar-refractivity contribution in [2.45, 2.75) is 136 Å². The highest BCUT2D eigenvalue weighted by molar-refractivity contribution is 6.24. The van der Waals surface area contributed by atoms with Gasteiger partial charge in [-0.1, -0.05) is 56.8 Å². The molecule has 14 N–H and O–H groups in total. The van der Waals surface area contributed by atoms with E-state index in [0.29, 0.717) is 70.8 Å². The van der Waals surface area contributed by atoms with Gasteiger partial charge < -0.3 is 69.0 Å². The van der Waals surface area contributed by atoms with Crippen molar-refractivity contribution in [2.75, 3.05) is 33.3 Å². The molecule has 7 atom stereocenters. The van der Waals surface area contributed by atoms with E-state index in [0.717, 1.165) is 45.1 Å². The van der Waals surface area contributed by atoms with E-state index in [1.165, 1.54) is 7.11 Å². The lowest BCUT2D eigenvalue weighted by atomic mass is 9.84. The molecule has 1 aromatic carbocycles. The molecule has 0 aromatic heterocycles. The number of unbranched alkanes of at least 4 members (excludes halogenated alkanes) is 1. The fourth-order valence-corrected chi connectivity index (χ4v) is 12.3. The van der Waals surface area contributed by atoms with Crippen molar-refractivity contribution in [3.05, 3.63) is 140 Å². The predicted octanol–water partition coefficient (Wildman–Crippen LogP) is 3.05. The largest absolute Gasteiger partial charge is 0.510 e. The Balaban J connectivity index is 0.910. The Labute approximate surface area is 533 Å². The Morgan fingerprint density at radius 3 is 2.09 bits per heavy atom. The number of carboxylic acid groups (broad SMARTS) is 1. The topological polar surface area (TPSA) is 401 Å². The lowest BCUT2D eigenvalue weighted by Gasteiger charge is -2.26. The quantitative estimate of drug-likeness (QED) is 0.0324. The summed E-state index contributed by atoms with van der Waals surface area (Å²) in [6.07, 6.45) is 9.04. The number of hydrogen-bond donors (Lipinski definition) is 12. The number of aliphatic imine (C=N–C) groups is 4. The number of aliphatic carboxylic acids is 1. The van der Waals surface area contributed by atoms with Crippen molar-refractivity contribution in [3.63, 3.8) is 0 Å². The van der Waals surface area contributed by atoms with Crippen LogP contribution >= 0.6 is 0 Å². The molecule has 1 aliphatic carbocycles. The Bertz CT molecular complexity index is 3610. The lowest BCUT2D eigenvalue weighted by molar-refractivity contribution is -0.143. The standard InChI is InChI=1S/C66H82N14O12/c1-8-38-33(3)43-28-45-35(5)40(58(76-45)56-57(65(91)92-7)60(86)55-36(6)46(77-59(55)56)30-48-39(9-2)34(4)44(74-48)29-47(38)73-43)22-23-52(82)70-25-16-21-51(81)69-24-14-13-19-42-62(88)78-41(20-15-26-71-66(67)68)61(87)72-32-53(83)75-50(31-54(84)85)64(90)80-49(63(89)79-42)27-37-17-11-10-12-18-37/h8,10-12,17-18,28-30,35,40-42,49-50,57,76,86H,1,9,13-16,19-27,31-32H2,2-7H3,(H,69,81)(H,70,82)(H,72,87)(H,75,83)(H,78,88)(H,79,89)(H,80,90)(H,84,85)(H4,67,68,71)/t35-,40-,41-,42+,49+,50-,57+/m0/s1. The molecule has 0 radical (unpaired) electrons. The first-order chi connectivity index (χ1) is 44.0. The number of rotatable bonds is 23. The van der Waals surface area contributed by atoms with Gasteiger partial charge in [0, 0.05) is 78.8 Å². The number of nitrogens with two attached hydrogens (primary N) is 2. The summed E-state index contributed by atoms with van der Waals surface area (Å²) in [5.74, 6) is -9.04. The average Bonchev–Trinajstić information content (AvgIpc) is 1.56. The number of guanidine groups is 1. The van der Waals surface area contributed by atoms with Crippen molar-refractivity contribution in [2.24, 2.45) is 49.2 Å². The fourth-order valence-electron chi connectivity index (χ4n) is 12.3. The van der Waals surface area contributed by atoms with Crippen LogP contribution in [0.5, 0.6) is 0 Å². The van der Waals surface area contributed by atoms with Crippen LogP contribution in [0, 0.1) is 17.8 Å². The van der Waals surface area contributed by atoms with Gasteiger partial charge in [0.1, 0.15) is 35.8 Å². The number of fused-ring (bicyclic) bond motifs is 5. The molecule has 8 rings (SSSR count). The molecule has 2 fully saturated rings. The van der Waals surface area contributed by atoms with E-state index in [1.807, 2.05) is 45.9 Å². The van der Waals surface area contributed by atoms with Crippen LogP contribution in [0.1, 0.15) is 111 Å². The van der Waals surface area contributed by atoms with E-state index < -0.39 is 84.5 Å². The van der Waals surface area contributed by atoms with Crippen molar-refractivity contribution in [1.29, 1.82) is 0 Å². The monoisotopic (exact) mass is 1260 g/mol. The number of ether oxygens (including phenoxy) is 1. The molecule has 6 heterocycles. The van der Waals surface area contributed by atoms with Crippen LogP contribution in [-0.2, 0) is 54.3 Å². The van der Waals surface area contributed by atoms with Crippen molar-refractivity contribution < 1.29 is 58.1 Å². The average molecular weight is 1260 g/mol. The summed E-state index contributed by atoms with van der Waals surface area (Å²) in [5, 5.41) is 43.7. The van der Waals surface area contributed by atoms with Gasteiger partial charge in [0.05, 0.1) is 54.3 Å². The van der Waals surface area contributed by atoms with Gasteiger partial charge in [0.2, 0.25) is 41.4 Å². The van der Waals surface area contributed by atoms with Gasteiger partial charge in [-0.05, 0) is 118 Å². The van der Waals surface area contributed by atoms with Gasteiger partial charge >= 0.3 is 11.9 Å².